The number of nitrogens with zero attached hydrogens (tertiary/aromatic N) is 1. The van der Waals surface area contributed by atoms with E-state index < -0.39 is 16.1 Å². The first-order valence-electron chi connectivity index (χ1n) is 5.95. The lowest BCUT2D eigenvalue weighted by molar-refractivity contribution is 0.108. The molecule has 0 spiro atoms. The Morgan fingerprint density at radius 2 is 2.17 bits per heavy atom. The van der Waals surface area contributed by atoms with Crippen molar-refractivity contribution >= 4 is 15.7 Å². The SMILES string of the molecule is Cc1ccc(S(=O)(=O)N2CCCC(O)C2)c(N)c1. The fraction of sp³-hybridized carbons (Fsp3) is 0.500. The molecule has 1 aliphatic rings. The average molecular weight is 270 g/mol. The quantitative estimate of drug-likeness (QED) is 0.776. The Morgan fingerprint density at radius 1 is 1.44 bits per heavy atom. The average Bonchev–Trinajstić information content (AvgIpc) is 2.28. The van der Waals surface area contributed by atoms with Crippen LogP contribution < -0.4 is 5.73 Å². The molecule has 3 N–H and O–H groups in total. The van der Waals surface area contributed by atoms with Crippen molar-refractivity contribution in [2.24, 2.45) is 0 Å². The Bertz CT molecular complexity index is 542. The Hall–Kier alpha value is -1.11. The second kappa shape index (κ2) is 4.87. The largest absolute Gasteiger partial charge is 0.398 e. The molecule has 0 aliphatic carbocycles. The minimum atomic E-state index is -3.59. The van der Waals surface area contributed by atoms with Gasteiger partial charge in [0.2, 0.25) is 10.0 Å². The number of β-amino-alcohol motifs (C(OH)–C–C–N with tert-alkyl or cyclic N) is 1. The molecule has 1 aromatic carbocycles. The van der Waals surface area contributed by atoms with Gasteiger partial charge in [-0.3, -0.25) is 0 Å². The molecular weight excluding hydrogens is 252 g/mol. The van der Waals surface area contributed by atoms with Crippen LogP contribution in [0.25, 0.3) is 0 Å². The first kappa shape index (κ1) is 13.3. The summed E-state index contributed by atoms with van der Waals surface area (Å²) in [5, 5.41) is 9.57. The lowest BCUT2D eigenvalue weighted by atomic mass is 10.1. The molecule has 5 nitrogen and oxygen atoms in total. The van der Waals surface area contributed by atoms with Gasteiger partial charge >= 0.3 is 0 Å². The van der Waals surface area contributed by atoms with Crippen molar-refractivity contribution in [3.8, 4) is 0 Å². The zero-order valence-corrected chi connectivity index (χ0v) is 11.2. The van der Waals surface area contributed by atoms with Gasteiger partial charge in [0.05, 0.1) is 11.8 Å². The Balaban J connectivity index is 2.35. The van der Waals surface area contributed by atoms with E-state index in [-0.39, 0.29) is 17.1 Å². The number of anilines is 1. The number of benzene rings is 1. The normalized spacial score (nSPS) is 22.0. The summed E-state index contributed by atoms with van der Waals surface area (Å²) in [6.07, 6.45) is 0.738. The molecule has 1 saturated heterocycles. The summed E-state index contributed by atoms with van der Waals surface area (Å²) < 4.78 is 26.1. The molecule has 0 radical (unpaired) electrons. The van der Waals surface area contributed by atoms with E-state index in [9.17, 15) is 13.5 Å². The molecule has 1 heterocycles. The van der Waals surface area contributed by atoms with Crippen molar-refractivity contribution in [2.75, 3.05) is 18.8 Å². The number of aliphatic hydroxyl groups excluding tert-OH is 1. The van der Waals surface area contributed by atoms with Crippen LogP contribution in [0.3, 0.4) is 0 Å². The third-order valence-corrected chi connectivity index (χ3v) is 5.08. The van der Waals surface area contributed by atoms with Gasteiger partial charge in [0.1, 0.15) is 4.90 Å². The van der Waals surface area contributed by atoms with E-state index in [4.69, 9.17) is 5.73 Å². The first-order valence-corrected chi connectivity index (χ1v) is 7.39. The van der Waals surface area contributed by atoms with Gasteiger partial charge < -0.3 is 10.8 Å². The van der Waals surface area contributed by atoms with Crippen molar-refractivity contribution in [3.05, 3.63) is 23.8 Å². The van der Waals surface area contributed by atoms with Crippen molar-refractivity contribution in [1.82, 2.24) is 4.31 Å². The molecule has 1 unspecified atom stereocenters. The molecule has 6 heteroatoms. The molecule has 1 aliphatic heterocycles. The topological polar surface area (TPSA) is 83.6 Å². The molecule has 18 heavy (non-hydrogen) atoms. The van der Waals surface area contributed by atoms with Crippen molar-refractivity contribution in [1.29, 1.82) is 0 Å². The number of hydrogen-bond acceptors (Lipinski definition) is 4. The summed E-state index contributed by atoms with van der Waals surface area (Å²) in [6.45, 7) is 2.44. The highest BCUT2D eigenvalue weighted by molar-refractivity contribution is 7.89. The van der Waals surface area contributed by atoms with Crippen LogP contribution in [-0.2, 0) is 10.0 Å². The van der Waals surface area contributed by atoms with E-state index >= 15 is 0 Å². The standard InChI is InChI=1S/C12H18N2O3S/c1-9-4-5-12(11(13)7-9)18(16,17)14-6-2-3-10(15)8-14/h4-5,7,10,15H,2-3,6,8,13H2,1H3. The van der Waals surface area contributed by atoms with Crippen molar-refractivity contribution in [3.63, 3.8) is 0 Å². The van der Waals surface area contributed by atoms with Crippen LogP contribution in [0.1, 0.15) is 18.4 Å². The number of nitrogens with two attached hydrogens (primary N) is 1. The third kappa shape index (κ3) is 2.50. The van der Waals surface area contributed by atoms with Crippen LogP contribution in [0.2, 0.25) is 0 Å². The zero-order chi connectivity index (χ0) is 13.3. The second-order valence-corrected chi connectivity index (χ2v) is 6.61. The number of sulfonamides is 1. The smallest absolute Gasteiger partial charge is 0.245 e. The zero-order valence-electron chi connectivity index (χ0n) is 10.3. The maximum Gasteiger partial charge on any atom is 0.245 e. The number of aliphatic hydroxyl groups is 1. The van der Waals surface area contributed by atoms with Gasteiger partial charge in [-0.05, 0) is 37.5 Å². The van der Waals surface area contributed by atoms with Gasteiger partial charge in [0, 0.05) is 13.1 Å². The lowest BCUT2D eigenvalue weighted by Gasteiger charge is -2.29. The number of nitrogen functional groups attached to an aromatic ring is 1. The summed E-state index contributed by atoms with van der Waals surface area (Å²) in [4.78, 5) is 0.127. The van der Waals surface area contributed by atoms with Crippen LogP contribution in [0, 0.1) is 6.92 Å². The molecule has 1 fully saturated rings. The van der Waals surface area contributed by atoms with E-state index in [2.05, 4.69) is 0 Å². The van der Waals surface area contributed by atoms with Gasteiger partial charge in [0.15, 0.2) is 0 Å². The molecule has 0 bridgehead atoms. The minimum absolute atomic E-state index is 0.127. The lowest BCUT2D eigenvalue weighted by Crippen LogP contribution is -2.42. The second-order valence-electron chi connectivity index (χ2n) is 4.70. The summed E-state index contributed by atoms with van der Waals surface area (Å²) >= 11 is 0. The molecule has 1 atom stereocenters. The van der Waals surface area contributed by atoms with Crippen LogP contribution in [0.4, 0.5) is 5.69 Å². The van der Waals surface area contributed by atoms with E-state index in [1.54, 1.807) is 12.1 Å². The van der Waals surface area contributed by atoms with Gasteiger partial charge in [-0.1, -0.05) is 6.07 Å². The van der Waals surface area contributed by atoms with Gasteiger partial charge in [-0.15, -0.1) is 0 Å². The molecule has 2 rings (SSSR count). The van der Waals surface area contributed by atoms with Gasteiger partial charge in [0.25, 0.3) is 0 Å². The third-order valence-electron chi connectivity index (χ3n) is 3.14. The molecule has 0 amide bonds. The molecule has 1 aromatic rings. The maximum atomic E-state index is 12.4. The van der Waals surface area contributed by atoms with E-state index in [0.717, 1.165) is 5.56 Å². The molecular formula is C12H18N2O3S. The predicted molar refractivity (Wildman–Crippen MR) is 69.6 cm³/mol. The van der Waals surface area contributed by atoms with E-state index in [1.165, 1.54) is 10.4 Å². The fourth-order valence-corrected chi connectivity index (χ4v) is 3.79. The highest BCUT2D eigenvalue weighted by Gasteiger charge is 2.30. The minimum Gasteiger partial charge on any atom is -0.398 e. The number of aryl methyl sites for hydroxylation is 1. The summed E-state index contributed by atoms with van der Waals surface area (Å²) in [7, 11) is -3.59. The fourth-order valence-electron chi connectivity index (χ4n) is 2.18. The summed E-state index contributed by atoms with van der Waals surface area (Å²) in [5.41, 5.74) is 6.96. The van der Waals surface area contributed by atoms with Crippen LogP contribution >= 0.6 is 0 Å². The van der Waals surface area contributed by atoms with E-state index in [0.29, 0.717) is 19.4 Å². The molecule has 0 saturated carbocycles. The summed E-state index contributed by atoms with van der Waals surface area (Å²) in [5.74, 6) is 0. The predicted octanol–water partition coefficient (Wildman–Crippen LogP) is 0.723. The molecule has 100 valence electrons. The van der Waals surface area contributed by atoms with Gasteiger partial charge in [-0.25, -0.2) is 8.42 Å². The molecule has 0 aromatic heterocycles. The van der Waals surface area contributed by atoms with Crippen LogP contribution in [-0.4, -0.2) is 37.0 Å². The Labute approximate surface area is 107 Å². The summed E-state index contributed by atoms with van der Waals surface area (Å²) in [6, 6.07) is 4.90. The van der Waals surface area contributed by atoms with Crippen molar-refractivity contribution in [2.45, 2.75) is 30.8 Å². The van der Waals surface area contributed by atoms with E-state index in [1.807, 2.05) is 6.92 Å². The Kier molecular flexibility index (Phi) is 3.61. The van der Waals surface area contributed by atoms with Crippen LogP contribution in [0.5, 0.6) is 0 Å². The van der Waals surface area contributed by atoms with Gasteiger partial charge in [-0.2, -0.15) is 4.31 Å². The van der Waals surface area contributed by atoms with Crippen LogP contribution in [0.15, 0.2) is 23.1 Å². The maximum absolute atomic E-state index is 12.4. The van der Waals surface area contributed by atoms with Crippen molar-refractivity contribution < 1.29 is 13.5 Å². The number of rotatable bonds is 2. The highest BCUT2D eigenvalue weighted by atomic mass is 32.2. The monoisotopic (exact) mass is 270 g/mol. The number of hydrogen-bond donors (Lipinski definition) is 2. The number of piperidine rings is 1. The highest BCUT2D eigenvalue weighted by Crippen LogP contribution is 2.25. The Morgan fingerprint density at radius 3 is 2.78 bits per heavy atom. The first-order chi connectivity index (χ1) is 8.41.